The van der Waals surface area contributed by atoms with Gasteiger partial charge in [-0.05, 0) is 44.0 Å². The Morgan fingerprint density at radius 3 is 2.93 bits per heavy atom. The predicted octanol–water partition coefficient (Wildman–Crippen LogP) is 3.29. The average Bonchev–Trinajstić information content (AvgIpc) is 3.17. The number of anilines is 1. The second-order valence-electron chi connectivity index (χ2n) is 6.96. The fraction of sp³-hybridized carbons (Fsp3) is 0.333. The van der Waals surface area contributed by atoms with E-state index < -0.39 is 0 Å². The van der Waals surface area contributed by atoms with Gasteiger partial charge in [0.05, 0.1) is 17.8 Å². The molecule has 1 unspecified atom stereocenters. The number of pyridine rings is 2. The fourth-order valence-corrected chi connectivity index (χ4v) is 3.73. The number of nitriles is 1. The molecule has 3 aromatic rings. The summed E-state index contributed by atoms with van der Waals surface area (Å²) in [4.78, 5) is 16.0. The molecule has 1 aliphatic heterocycles. The van der Waals surface area contributed by atoms with Crippen LogP contribution < -0.4 is 4.90 Å². The molecule has 0 saturated carbocycles. The largest absolute Gasteiger partial charge is 0.355 e. The molecule has 6 heteroatoms. The third-order valence-electron chi connectivity index (χ3n) is 5.03. The molecule has 0 bridgehead atoms. The number of aromatic nitrogens is 4. The molecule has 1 saturated heterocycles. The van der Waals surface area contributed by atoms with E-state index in [2.05, 4.69) is 30.5 Å². The number of aryl methyl sites for hydroxylation is 1. The van der Waals surface area contributed by atoms with Crippen LogP contribution in [0.25, 0.3) is 0 Å². The van der Waals surface area contributed by atoms with Gasteiger partial charge in [-0.3, -0.25) is 4.98 Å². The number of imidazole rings is 1. The van der Waals surface area contributed by atoms with Crippen LogP contribution in [0, 0.1) is 18.3 Å². The van der Waals surface area contributed by atoms with Crippen molar-refractivity contribution in [1.82, 2.24) is 19.5 Å². The van der Waals surface area contributed by atoms with Gasteiger partial charge in [0.2, 0.25) is 0 Å². The summed E-state index contributed by atoms with van der Waals surface area (Å²) in [6.07, 6.45) is 7.85. The first-order chi connectivity index (χ1) is 13.2. The van der Waals surface area contributed by atoms with Gasteiger partial charge in [0, 0.05) is 43.3 Å². The van der Waals surface area contributed by atoms with E-state index in [9.17, 15) is 5.26 Å². The topological polar surface area (TPSA) is 70.6 Å². The zero-order chi connectivity index (χ0) is 18.6. The maximum Gasteiger partial charge on any atom is 0.146 e. The highest BCUT2D eigenvalue weighted by molar-refractivity contribution is 5.54. The Bertz CT molecular complexity index is 956. The monoisotopic (exact) mass is 358 g/mol. The van der Waals surface area contributed by atoms with Gasteiger partial charge in [-0.15, -0.1) is 0 Å². The van der Waals surface area contributed by atoms with E-state index in [4.69, 9.17) is 0 Å². The molecule has 0 spiro atoms. The summed E-state index contributed by atoms with van der Waals surface area (Å²) in [5, 5.41) is 9.46. The Morgan fingerprint density at radius 2 is 2.11 bits per heavy atom. The molecule has 4 heterocycles. The molecule has 0 amide bonds. The summed E-state index contributed by atoms with van der Waals surface area (Å²) in [7, 11) is 0. The molecule has 0 aliphatic carbocycles. The minimum Gasteiger partial charge on any atom is -0.355 e. The number of nitrogens with zero attached hydrogens (tertiary/aromatic N) is 6. The van der Waals surface area contributed by atoms with E-state index in [1.807, 2.05) is 55.8 Å². The van der Waals surface area contributed by atoms with E-state index in [0.29, 0.717) is 11.5 Å². The van der Waals surface area contributed by atoms with E-state index in [1.54, 1.807) is 0 Å². The third-order valence-corrected chi connectivity index (χ3v) is 5.03. The van der Waals surface area contributed by atoms with Crippen molar-refractivity contribution in [2.45, 2.75) is 32.2 Å². The van der Waals surface area contributed by atoms with Gasteiger partial charge >= 0.3 is 0 Å². The van der Waals surface area contributed by atoms with Crippen LogP contribution in [-0.2, 0) is 6.54 Å². The Kier molecular flexibility index (Phi) is 4.84. The van der Waals surface area contributed by atoms with Crippen LogP contribution in [0.2, 0.25) is 0 Å². The predicted molar refractivity (Wildman–Crippen MR) is 103 cm³/mol. The molecule has 0 aromatic carbocycles. The fourth-order valence-electron chi connectivity index (χ4n) is 3.73. The summed E-state index contributed by atoms with van der Waals surface area (Å²) >= 11 is 0. The van der Waals surface area contributed by atoms with Gasteiger partial charge in [0.25, 0.3) is 0 Å². The van der Waals surface area contributed by atoms with Gasteiger partial charge < -0.3 is 9.47 Å². The summed E-state index contributed by atoms with van der Waals surface area (Å²) in [6.45, 7) is 4.43. The number of hydrogen-bond donors (Lipinski definition) is 0. The summed E-state index contributed by atoms with van der Waals surface area (Å²) in [5.74, 6) is 2.19. The molecule has 0 radical (unpaired) electrons. The van der Waals surface area contributed by atoms with Crippen LogP contribution >= 0.6 is 0 Å². The van der Waals surface area contributed by atoms with Crippen LogP contribution in [0.1, 0.15) is 41.5 Å². The molecule has 1 aliphatic rings. The molecule has 4 rings (SSSR count). The first kappa shape index (κ1) is 17.2. The highest BCUT2D eigenvalue weighted by Crippen LogP contribution is 2.30. The minimum atomic E-state index is 0.311. The highest BCUT2D eigenvalue weighted by Gasteiger charge is 2.27. The van der Waals surface area contributed by atoms with E-state index in [-0.39, 0.29) is 0 Å². The van der Waals surface area contributed by atoms with Crippen molar-refractivity contribution in [2.75, 3.05) is 18.0 Å². The maximum absolute atomic E-state index is 9.46. The lowest BCUT2D eigenvalue weighted by molar-refractivity contribution is 0.473. The molecule has 6 nitrogen and oxygen atoms in total. The van der Waals surface area contributed by atoms with Crippen molar-refractivity contribution in [3.8, 4) is 6.07 Å². The standard InChI is InChI=1S/C21H22N6/c1-16-7-8-17(13-22)21(25-16)26-11-4-5-18(14-26)20-24-10-12-27(20)15-19-6-2-3-9-23-19/h2-3,6-10,12,18H,4-5,11,14-15H2,1H3. The highest BCUT2D eigenvalue weighted by atomic mass is 15.2. The number of rotatable bonds is 4. The van der Waals surface area contributed by atoms with Gasteiger partial charge in [0.15, 0.2) is 0 Å². The maximum atomic E-state index is 9.46. The Hall–Kier alpha value is -3.20. The zero-order valence-electron chi connectivity index (χ0n) is 15.4. The van der Waals surface area contributed by atoms with Crippen molar-refractivity contribution in [3.63, 3.8) is 0 Å². The van der Waals surface area contributed by atoms with E-state index in [0.717, 1.165) is 55.5 Å². The van der Waals surface area contributed by atoms with Gasteiger partial charge in [0.1, 0.15) is 17.7 Å². The first-order valence-electron chi connectivity index (χ1n) is 9.28. The summed E-state index contributed by atoms with van der Waals surface area (Å²) in [5.41, 5.74) is 2.59. The molecule has 3 aromatic heterocycles. The van der Waals surface area contributed by atoms with E-state index in [1.165, 1.54) is 0 Å². The number of hydrogen-bond acceptors (Lipinski definition) is 5. The lowest BCUT2D eigenvalue weighted by Gasteiger charge is -2.34. The molecule has 27 heavy (non-hydrogen) atoms. The Labute approximate surface area is 159 Å². The smallest absolute Gasteiger partial charge is 0.146 e. The molecule has 1 atom stereocenters. The molecular formula is C21H22N6. The van der Waals surface area contributed by atoms with Crippen LogP contribution in [-0.4, -0.2) is 32.6 Å². The number of piperidine rings is 1. The van der Waals surface area contributed by atoms with Gasteiger partial charge in [-0.25, -0.2) is 9.97 Å². The second kappa shape index (κ2) is 7.58. The van der Waals surface area contributed by atoms with E-state index >= 15 is 0 Å². The lowest BCUT2D eigenvalue weighted by atomic mass is 9.96. The van der Waals surface area contributed by atoms with Crippen molar-refractivity contribution in [1.29, 1.82) is 5.26 Å². The normalized spacial score (nSPS) is 16.9. The van der Waals surface area contributed by atoms with Crippen molar-refractivity contribution >= 4 is 5.82 Å². The third kappa shape index (κ3) is 3.68. The SMILES string of the molecule is Cc1ccc(C#N)c(N2CCCC(c3nccn3Cc3ccccn3)C2)n1. The molecular weight excluding hydrogens is 336 g/mol. The van der Waals surface area contributed by atoms with Crippen molar-refractivity contribution in [2.24, 2.45) is 0 Å². The molecule has 1 fully saturated rings. The van der Waals surface area contributed by atoms with Crippen LogP contribution in [0.5, 0.6) is 0 Å². The van der Waals surface area contributed by atoms with Crippen LogP contribution in [0.4, 0.5) is 5.82 Å². The summed E-state index contributed by atoms with van der Waals surface area (Å²) in [6, 6.07) is 12.0. The Balaban J connectivity index is 1.57. The lowest BCUT2D eigenvalue weighted by Crippen LogP contribution is -2.36. The van der Waals surface area contributed by atoms with Gasteiger partial charge in [-0.1, -0.05) is 6.07 Å². The second-order valence-corrected chi connectivity index (χ2v) is 6.96. The average molecular weight is 358 g/mol. The minimum absolute atomic E-state index is 0.311. The zero-order valence-corrected chi connectivity index (χ0v) is 15.4. The van der Waals surface area contributed by atoms with Crippen LogP contribution in [0.3, 0.4) is 0 Å². The van der Waals surface area contributed by atoms with Crippen molar-refractivity contribution in [3.05, 3.63) is 71.7 Å². The Morgan fingerprint density at radius 1 is 1.19 bits per heavy atom. The summed E-state index contributed by atoms with van der Waals surface area (Å²) < 4.78 is 2.19. The van der Waals surface area contributed by atoms with Gasteiger partial charge in [-0.2, -0.15) is 5.26 Å². The van der Waals surface area contributed by atoms with Crippen LogP contribution in [0.15, 0.2) is 48.9 Å². The molecule has 136 valence electrons. The molecule has 0 N–H and O–H groups in total. The first-order valence-corrected chi connectivity index (χ1v) is 9.28. The quantitative estimate of drug-likeness (QED) is 0.716. The van der Waals surface area contributed by atoms with Crippen molar-refractivity contribution < 1.29 is 0 Å².